The van der Waals surface area contributed by atoms with Crippen LogP contribution in [0.25, 0.3) is 15.7 Å². The van der Waals surface area contributed by atoms with Crippen LogP contribution in [0, 0.1) is 13.8 Å². The molecule has 0 saturated heterocycles. The summed E-state index contributed by atoms with van der Waals surface area (Å²) >= 11 is 1.83. The normalized spacial score (nSPS) is 11.6. The van der Waals surface area contributed by atoms with E-state index in [0.29, 0.717) is 0 Å². The van der Waals surface area contributed by atoms with Crippen molar-refractivity contribution >= 4 is 27.1 Å². The summed E-state index contributed by atoms with van der Waals surface area (Å²) in [5.41, 5.74) is 4.06. The van der Waals surface area contributed by atoms with Crippen LogP contribution >= 0.6 is 11.3 Å². The van der Waals surface area contributed by atoms with Crippen LogP contribution < -0.4 is 0 Å². The van der Waals surface area contributed by atoms with E-state index < -0.39 is 0 Å². The molecule has 2 heterocycles. The Balaban J connectivity index is 2.70. The topological polar surface area (TPSA) is 4.41 Å². The van der Waals surface area contributed by atoms with Gasteiger partial charge < -0.3 is 4.40 Å². The van der Waals surface area contributed by atoms with Crippen LogP contribution in [-0.2, 0) is 0 Å². The molecule has 0 unspecified atom stereocenters. The minimum Gasteiger partial charge on any atom is -0.304 e. The van der Waals surface area contributed by atoms with Gasteiger partial charge in [-0.3, -0.25) is 0 Å². The van der Waals surface area contributed by atoms with Gasteiger partial charge in [-0.1, -0.05) is 18.2 Å². The molecule has 0 N–H and O–H groups in total. The van der Waals surface area contributed by atoms with E-state index in [4.69, 9.17) is 0 Å². The molecule has 0 fully saturated rings. The second-order valence-electron chi connectivity index (χ2n) is 3.66. The standard InChI is InChI=1S/C12H11NS/c1-8-7-14-12-9(2)10-5-3-4-6-11(10)13(8)12/h3-7H,1-2H3. The number of para-hydroxylation sites is 1. The van der Waals surface area contributed by atoms with Gasteiger partial charge in [0.15, 0.2) is 0 Å². The zero-order valence-electron chi connectivity index (χ0n) is 8.24. The number of fused-ring (bicyclic) bond motifs is 3. The predicted octanol–water partition coefficient (Wildman–Crippen LogP) is 3.77. The Morgan fingerprint density at radius 3 is 2.79 bits per heavy atom. The van der Waals surface area contributed by atoms with Gasteiger partial charge in [0.1, 0.15) is 4.83 Å². The Labute approximate surface area is 86.6 Å². The number of hydrogen-bond donors (Lipinski definition) is 0. The zero-order valence-corrected chi connectivity index (χ0v) is 9.06. The van der Waals surface area contributed by atoms with Crippen LogP contribution in [0.4, 0.5) is 0 Å². The fraction of sp³-hybridized carbons (Fsp3) is 0.167. The lowest BCUT2D eigenvalue weighted by atomic mass is 10.2. The molecule has 0 radical (unpaired) electrons. The molecule has 0 saturated carbocycles. The quantitative estimate of drug-likeness (QED) is 0.521. The molecular weight excluding hydrogens is 190 g/mol. The molecule has 0 spiro atoms. The van der Waals surface area contributed by atoms with E-state index >= 15 is 0 Å². The van der Waals surface area contributed by atoms with Crippen molar-refractivity contribution < 1.29 is 0 Å². The van der Waals surface area contributed by atoms with Crippen LogP contribution in [0.1, 0.15) is 11.3 Å². The van der Waals surface area contributed by atoms with E-state index in [1.807, 2.05) is 11.3 Å². The highest BCUT2D eigenvalue weighted by Crippen LogP contribution is 2.30. The molecule has 0 aliphatic carbocycles. The first kappa shape index (κ1) is 8.06. The third-order valence-electron chi connectivity index (χ3n) is 2.77. The molecule has 14 heavy (non-hydrogen) atoms. The maximum Gasteiger partial charge on any atom is 0.103 e. The third-order valence-corrected chi connectivity index (χ3v) is 3.94. The summed E-state index contributed by atoms with van der Waals surface area (Å²) in [5.74, 6) is 0. The maximum atomic E-state index is 2.34. The highest BCUT2D eigenvalue weighted by molar-refractivity contribution is 7.16. The van der Waals surface area contributed by atoms with Crippen molar-refractivity contribution in [1.29, 1.82) is 0 Å². The Hall–Kier alpha value is -1.28. The Bertz CT molecular complexity index is 616. The van der Waals surface area contributed by atoms with Crippen molar-refractivity contribution in [2.45, 2.75) is 13.8 Å². The number of aromatic nitrogens is 1. The van der Waals surface area contributed by atoms with Crippen molar-refractivity contribution in [1.82, 2.24) is 4.40 Å². The second-order valence-corrected chi connectivity index (χ2v) is 4.52. The SMILES string of the molecule is Cc1c2ccccc2n2c(C)csc12. The summed E-state index contributed by atoms with van der Waals surface area (Å²) in [4.78, 5) is 1.38. The van der Waals surface area contributed by atoms with E-state index in [1.165, 1.54) is 27.0 Å². The molecule has 3 rings (SSSR count). The fourth-order valence-electron chi connectivity index (χ4n) is 2.06. The van der Waals surface area contributed by atoms with E-state index in [2.05, 4.69) is 47.9 Å². The summed E-state index contributed by atoms with van der Waals surface area (Å²) in [6.07, 6.45) is 0. The van der Waals surface area contributed by atoms with Crippen LogP contribution in [-0.4, -0.2) is 4.40 Å². The predicted molar refractivity (Wildman–Crippen MR) is 62.3 cm³/mol. The molecule has 2 heteroatoms. The summed E-state index contributed by atoms with van der Waals surface area (Å²) in [6.45, 7) is 4.36. The van der Waals surface area contributed by atoms with Crippen LogP contribution in [0.5, 0.6) is 0 Å². The number of aryl methyl sites for hydroxylation is 2. The summed E-state index contributed by atoms with van der Waals surface area (Å²) in [6, 6.07) is 8.60. The molecule has 3 aromatic rings. The lowest BCUT2D eigenvalue weighted by molar-refractivity contribution is 1.18. The van der Waals surface area contributed by atoms with E-state index in [1.54, 1.807) is 0 Å². The van der Waals surface area contributed by atoms with Crippen LogP contribution in [0.15, 0.2) is 29.6 Å². The highest BCUT2D eigenvalue weighted by Gasteiger charge is 2.09. The minimum atomic E-state index is 1.33. The summed E-state index contributed by atoms with van der Waals surface area (Å²) < 4.78 is 2.34. The fourth-order valence-corrected chi connectivity index (χ4v) is 3.09. The van der Waals surface area contributed by atoms with E-state index in [9.17, 15) is 0 Å². The average molecular weight is 201 g/mol. The van der Waals surface area contributed by atoms with Crippen LogP contribution in [0.2, 0.25) is 0 Å². The van der Waals surface area contributed by atoms with E-state index in [-0.39, 0.29) is 0 Å². The van der Waals surface area contributed by atoms with Crippen LogP contribution in [0.3, 0.4) is 0 Å². The van der Waals surface area contributed by atoms with Crippen molar-refractivity contribution in [2.75, 3.05) is 0 Å². The molecule has 0 bridgehead atoms. The van der Waals surface area contributed by atoms with Gasteiger partial charge in [0, 0.05) is 16.5 Å². The van der Waals surface area contributed by atoms with E-state index in [0.717, 1.165) is 0 Å². The second kappa shape index (κ2) is 2.61. The highest BCUT2D eigenvalue weighted by atomic mass is 32.1. The molecule has 0 atom stereocenters. The van der Waals surface area contributed by atoms with Crippen molar-refractivity contribution in [3.05, 3.63) is 40.9 Å². The van der Waals surface area contributed by atoms with Gasteiger partial charge in [-0.15, -0.1) is 11.3 Å². The lowest BCUT2D eigenvalue weighted by Gasteiger charge is -1.93. The Kier molecular flexibility index (Phi) is 1.50. The largest absolute Gasteiger partial charge is 0.304 e. The number of benzene rings is 1. The molecular formula is C12H11NS. The van der Waals surface area contributed by atoms with Gasteiger partial charge in [0.05, 0.1) is 5.52 Å². The molecule has 1 aromatic carbocycles. The number of hydrogen-bond acceptors (Lipinski definition) is 1. The Morgan fingerprint density at radius 2 is 1.93 bits per heavy atom. The summed E-state index contributed by atoms with van der Waals surface area (Å²) in [7, 11) is 0. The first-order valence-electron chi connectivity index (χ1n) is 4.73. The van der Waals surface area contributed by atoms with Gasteiger partial charge in [-0.05, 0) is 25.5 Å². The number of nitrogens with zero attached hydrogens (tertiary/aromatic N) is 1. The zero-order chi connectivity index (χ0) is 9.71. The lowest BCUT2D eigenvalue weighted by Crippen LogP contribution is -1.81. The monoisotopic (exact) mass is 201 g/mol. The molecule has 0 aliphatic heterocycles. The van der Waals surface area contributed by atoms with Gasteiger partial charge in [-0.2, -0.15) is 0 Å². The third kappa shape index (κ3) is 0.840. The molecule has 1 nitrogen and oxygen atoms in total. The van der Waals surface area contributed by atoms with Gasteiger partial charge in [0.2, 0.25) is 0 Å². The first-order valence-corrected chi connectivity index (χ1v) is 5.61. The molecule has 0 amide bonds. The smallest absolute Gasteiger partial charge is 0.103 e. The van der Waals surface area contributed by atoms with Gasteiger partial charge in [0.25, 0.3) is 0 Å². The molecule has 70 valence electrons. The molecule has 2 aromatic heterocycles. The molecule has 0 aliphatic rings. The minimum absolute atomic E-state index is 1.33. The summed E-state index contributed by atoms with van der Waals surface area (Å²) in [5, 5.41) is 3.59. The van der Waals surface area contributed by atoms with Crippen molar-refractivity contribution in [3.8, 4) is 0 Å². The first-order chi connectivity index (χ1) is 6.79. The number of thiazole rings is 1. The van der Waals surface area contributed by atoms with Crippen molar-refractivity contribution in [3.63, 3.8) is 0 Å². The Morgan fingerprint density at radius 1 is 1.14 bits per heavy atom. The van der Waals surface area contributed by atoms with Gasteiger partial charge in [-0.25, -0.2) is 0 Å². The van der Waals surface area contributed by atoms with Crippen molar-refractivity contribution in [2.24, 2.45) is 0 Å². The maximum absolute atomic E-state index is 2.34. The van der Waals surface area contributed by atoms with Gasteiger partial charge >= 0.3 is 0 Å². The number of rotatable bonds is 0. The average Bonchev–Trinajstić information content (AvgIpc) is 2.70.